The van der Waals surface area contributed by atoms with Crippen molar-refractivity contribution in [3.63, 3.8) is 0 Å². The van der Waals surface area contributed by atoms with Crippen LogP contribution in [0.2, 0.25) is 0 Å². The largest absolute Gasteiger partial charge is 0.393 e. The Balaban J connectivity index is 2.30. The SMILES string of the molecule is Cc1cc(C(=O)N(CCC(N)=S)c2ccccc2)sc1C. The number of nitrogens with zero attached hydrogens (tertiary/aromatic N) is 1. The van der Waals surface area contributed by atoms with E-state index in [4.69, 9.17) is 18.0 Å². The van der Waals surface area contributed by atoms with Gasteiger partial charge >= 0.3 is 0 Å². The number of para-hydroxylation sites is 1. The molecule has 1 aromatic heterocycles. The van der Waals surface area contributed by atoms with E-state index in [1.165, 1.54) is 16.2 Å². The number of carbonyl (C=O) groups excluding carboxylic acids is 1. The van der Waals surface area contributed by atoms with Crippen LogP contribution in [0, 0.1) is 13.8 Å². The number of benzene rings is 1. The second-order valence-electron chi connectivity index (χ2n) is 4.86. The molecule has 0 aliphatic rings. The molecule has 0 atom stereocenters. The van der Waals surface area contributed by atoms with Gasteiger partial charge in [0.05, 0.1) is 9.87 Å². The van der Waals surface area contributed by atoms with Crippen molar-refractivity contribution in [1.82, 2.24) is 0 Å². The lowest BCUT2D eigenvalue weighted by Crippen LogP contribution is -2.33. The topological polar surface area (TPSA) is 46.3 Å². The zero-order valence-electron chi connectivity index (χ0n) is 12.1. The van der Waals surface area contributed by atoms with Gasteiger partial charge in [-0.2, -0.15) is 0 Å². The first-order chi connectivity index (χ1) is 9.99. The number of rotatable bonds is 5. The minimum Gasteiger partial charge on any atom is -0.393 e. The maximum absolute atomic E-state index is 12.8. The molecule has 5 heteroatoms. The van der Waals surface area contributed by atoms with Crippen LogP contribution in [0.3, 0.4) is 0 Å². The molecule has 110 valence electrons. The van der Waals surface area contributed by atoms with Crippen LogP contribution in [-0.4, -0.2) is 17.4 Å². The summed E-state index contributed by atoms with van der Waals surface area (Å²) in [5.74, 6) is -0.00125. The Labute approximate surface area is 134 Å². The lowest BCUT2D eigenvalue weighted by molar-refractivity contribution is 0.0991. The molecule has 0 aliphatic carbocycles. The Morgan fingerprint density at radius 3 is 2.48 bits per heavy atom. The van der Waals surface area contributed by atoms with Gasteiger partial charge in [-0.1, -0.05) is 30.4 Å². The van der Waals surface area contributed by atoms with Gasteiger partial charge < -0.3 is 10.6 Å². The van der Waals surface area contributed by atoms with Crippen molar-refractivity contribution in [1.29, 1.82) is 0 Å². The number of anilines is 1. The summed E-state index contributed by atoms with van der Waals surface area (Å²) in [4.78, 5) is 16.8. The van der Waals surface area contributed by atoms with Crippen LogP contribution in [0.4, 0.5) is 5.69 Å². The third-order valence-corrected chi connectivity index (χ3v) is 4.62. The summed E-state index contributed by atoms with van der Waals surface area (Å²) in [6.07, 6.45) is 0.513. The van der Waals surface area contributed by atoms with E-state index >= 15 is 0 Å². The van der Waals surface area contributed by atoms with Crippen molar-refractivity contribution in [3.8, 4) is 0 Å². The smallest absolute Gasteiger partial charge is 0.268 e. The molecule has 1 aromatic carbocycles. The highest BCUT2D eigenvalue weighted by molar-refractivity contribution is 7.80. The minimum absolute atomic E-state index is 0.00125. The number of aryl methyl sites for hydroxylation is 2. The standard InChI is InChI=1S/C16H18N2OS2/c1-11-10-14(21-12(11)2)16(19)18(9-8-15(17)20)13-6-4-3-5-7-13/h3-7,10H,8-9H2,1-2H3,(H2,17,20). The van der Waals surface area contributed by atoms with E-state index in [1.54, 1.807) is 4.90 Å². The molecule has 0 bridgehead atoms. The highest BCUT2D eigenvalue weighted by Gasteiger charge is 2.20. The van der Waals surface area contributed by atoms with Crippen LogP contribution in [0.15, 0.2) is 36.4 Å². The van der Waals surface area contributed by atoms with Gasteiger partial charge in [0.25, 0.3) is 5.91 Å². The van der Waals surface area contributed by atoms with E-state index in [2.05, 4.69) is 0 Å². The molecule has 0 spiro atoms. The van der Waals surface area contributed by atoms with Crippen LogP contribution in [0.5, 0.6) is 0 Å². The molecule has 21 heavy (non-hydrogen) atoms. The number of hydrogen-bond acceptors (Lipinski definition) is 3. The number of nitrogens with two attached hydrogens (primary N) is 1. The van der Waals surface area contributed by atoms with Gasteiger partial charge in [-0.25, -0.2) is 0 Å². The first-order valence-corrected chi connectivity index (χ1v) is 7.93. The molecular formula is C16H18N2OS2. The summed E-state index contributed by atoms with van der Waals surface area (Å²) in [6.45, 7) is 4.54. The molecule has 0 radical (unpaired) electrons. The molecule has 2 N–H and O–H groups in total. The monoisotopic (exact) mass is 318 g/mol. The Hall–Kier alpha value is -1.72. The Morgan fingerprint density at radius 1 is 1.29 bits per heavy atom. The third-order valence-electron chi connectivity index (χ3n) is 3.27. The zero-order chi connectivity index (χ0) is 15.4. The number of amides is 1. The van der Waals surface area contributed by atoms with Gasteiger partial charge in [0.2, 0.25) is 0 Å². The summed E-state index contributed by atoms with van der Waals surface area (Å²) in [6, 6.07) is 11.6. The van der Waals surface area contributed by atoms with Crippen molar-refractivity contribution in [2.75, 3.05) is 11.4 Å². The van der Waals surface area contributed by atoms with Gasteiger partial charge in [0, 0.05) is 23.5 Å². The maximum Gasteiger partial charge on any atom is 0.268 e. The molecule has 0 saturated carbocycles. The van der Waals surface area contributed by atoms with E-state index in [0.29, 0.717) is 18.0 Å². The van der Waals surface area contributed by atoms with Gasteiger partial charge in [-0.15, -0.1) is 11.3 Å². The molecule has 0 aliphatic heterocycles. The van der Waals surface area contributed by atoms with Gasteiger partial charge in [0.15, 0.2) is 0 Å². The fraction of sp³-hybridized carbons (Fsp3) is 0.250. The maximum atomic E-state index is 12.8. The van der Waals surface area contributed by atoms with Gasteiger partial charge in [-0.05, 0) is 37.6 Å². The first-order valence-electron chi connectivity index (χ1n) is 6.71. The summed E-state index contributed by atoms with van der Waals surface area (Å²) < 4.78 is 0. The summed E-state index contributed by atoms with van der Waals surface area (Å²) in [5.41, 5.74) is 7.59. The summed E-state index contributed by atoms with van der Waals surface area (Å²) in [5, 5.41) is 0. The van der Waals surface area contributed by atoms with Crippen LogP contribution < -0.4 is 10.6 Å². The normalized spacial score (nSPS) is 10.4. The molecule has 0 fully saturated rings. The van der Waals surface area contributed by atoms with Crippen LogP contribution in [0.1, 0.15) is 26.5 Å². The van der Waals surface area contributed by atoms with E-state index in [9.17, 15) is 4.79 Å². The minimum atomic E-state index is -0.00125. The predicted octanol–water partition coefficient (Wildman–Crippen LogP) is 3.69. The highest BCUT2D eigenvalue weighted by atomic mass is 32.1. The quantitative estimate of drug-likeness (QED) is 0.855. The summed E-state index contributed by atoms with van der Waals surface area (Å²) in [7, 11) is 0. The Kier molecular flexibility index (Phi) is 5.09. The molecular weight excluding hydrogens is 300 g/mol. The van der Waals surface area contributed by atoms with Crippen molar-refractivity contribution in [2.45, 2.75) is 20.3 Å². The van der Waals surface area contributed by atoms with E-state index in [-0.39, 0.29) is 5.91 Å². The fourth-order valence-electron chi connectivity index (χ4n) is 1.99. The van der Waals surface area contributed by atoms with E-state index < -0.39 is 0 Å². The molecule has 1 heterocycles. The van der Waals surface area contributed by atoms with Gasteiger partial charge in [-0.3, -0.25) is 4.79 Å². The number of thiocarbonyl (C=S) groups is 1. The average molecular weight is 318 g/mol. The average Bonchev–Trinajstić information content (AvgIpc) is 2.79. The van der Waals surface area contributed by atoms with Crippen molar-refractivity contribution >= 4 is 40.1 Å². The van der Waals surface area contributed by atoms with Crippen molar-refractivity contribution in [3.05, 3.63) is 51.7 Å². The molecule has 1 amide bonds. The van der Waals surface area contributed by atoms with Crippen LogP contribution in [0.25, 0.3) is 0 Å². The number of carbonyl (C=O) groups is 1. The van der Waals surface area contributed by atoms with Gasteiger partial charge in [0.1, 0.15) is 0 Å². The molecule has 3 nitrogen and oxygen atoms in total. The molecule has 2 aromatic rings. The Morgan fingerprint density at radius 2 is 1.95 bits per heavy atom. The highest BCUT2D eigenvalue weighted by Crippen LogP contribution is 2.24. The zero-order valence-corrected chi connectivity index (χ0v) is 13.8. The van der Waals surface area contributed by atoms with Crippen LogP contribution in [-0.2, 0) is 0 Å². The van der Waals surface area contributed by atoms with Crippen LogP contribution >= 0.6 is 23.6 Å². The number of thiophene rings is 1. The lowest BCUT2D eigenvalue weighted by atomic mass is 10.2. The molecule has 2 rings (SSSR count). The fourth-order valence-corrected chi connectivity index (χ4v) is 3.06. The summed E-state index contributed by atoms with van der Waals surface area (Å²) >= 11 is 6.46. The second-order valence-corrected chi connectivity index (χ2v) is 6.64. The van der Waals surface area contributed by atoms with Crippen molar-refractivity contribution in [2.24, 2.45) is 5.73 Å². The van der Waals surface area contributed by atoms with E-state index in [1.807, 2.05) is 50.2 Å². The lowest BCUT2D eigenvalue weighted by Gasteiger charge is -2.22. The van der Waals surface area contributed by atoms with Crippen molar-refractivity contribution < 1.29 is 4.79 Å². The Bertz CT molecular complexity index is 630. The molecule has 0 unspecified atom stereocenters. The third kappa shape index (κ3) is 3.89. The predicted molar refractivity (Wildman–Crippen MR) is 93.3 cm³/mol. The first kappa shape index (κ1) is 15.7. The second kappa shape index (κ2) is 6.83. The van der Waals surface area contributed by atoms with E-state index in [0.717, 1.165) is 16.1 Å². The molecule has 0 saturated heterocycles. The number of hydrogen-bond donors (Lipinski definition) is 1.